The minimum atomic E-state index is -0.148. The zero-order valence-corrected chi connectivity index (χ0v) is 6.16. The summed E-state index contributed by atoms with van der Waals surface area (Å²) in [6, 6.07) is 5.78. The van der Waals surface area contributed by atoms with Crippen LogP contribution in [0, 0.1) is 6.92 Å². The first-order chi connectivity index (χ1) is 5.25. The minimum absolute atomic E-state index is 0.148. The van der Waals surface area contributed by atoms with Gasteiger partial charge in [0.05, 0.1) is 5.36 Å². The molecule has 0 saturated heterocycles. The van der Waals surface area contributed by atoms with Crippen molar-refractivity contribution in [3.63, 3.8) is 0 Å². The molecular weight excluding hydrogens is 138 g/mol. The van der Waals surface area contributed by atoms with Gasteiger partial charge in [0.1, 0.15) is 0 Å². The quantitative estimate of drug-likeness (QED) is 0.502. The average Bonchev–Trinajstić information content (AvgIpc) is 2.27. The molecule has 0 fully saturated rings. The first-order valence-corrected chi connectivity index (χ1v) is 3.47. The van der Waals surface area contributed by atoms with Crippen LogP contribution in [0.4, 0.5) is 0 Å². The summed E-state index contributed by atoms with van der Waals surface area (Å²) < 4.78 is 0. The SMILES string of the molecule is Cc1ccc2c(c1)=CC(=O)N=2. The second kappa shape index (κ2) is 2.02. The van der Waals surface area contributed by atoms with Crippen molar-refractivity contribution in [3.8, 4) is 0 Å². The number of aryl methyl sites for hydroxylation is 1. The van der Waals surface area contributed by atoms with Crippen molar-refractivity contribution in [1.82, 2.24) is 0 Å². The fraction of sp³-hybridized carbons (Fsp3) is 0.111. The van der Waals surface area contributed by atoms with Crippen molar-refractivity contribution >= 4 is 12.0 Å². The van der Waals surface area contributed by atoms with E-state index < -0.39 is 0 Å². The van der Waals surface area contributed by atoms with Crippen molar-refractivity contribution < 1.29 is 4.79 Å². The molecule has 0 radical (unpaired) electrons. The Morgan fingerprint density at radius 2 is 2.18 bits per heavy atom. The predicted molar refractivity (Wildman–Crippen MR) is 41.4 cm³/mol. The molecule has 2 nitrogen and oxygen atoms in total. The summed E-state index contributed by atoms with van der Waals surface area (Å²) in [5.74, 6) is -0.148. The van der Waals surface area contributed by atoms with Crippen LogP contribution in [0.3, 0.4) is 0 Å². The molecule has 1 amide bonds. The number of fused-ring (bicyclic) bond motifs is 1. The third-order valence-corrected chi connectivity index (χ3v) is 1.69. The standard InChI is InChI=1S/C9H7NO/c1-6-2-3-8-7(4-6)5-9(11)10-8/h2-5H,1H3. The average molecular weight is 145 g/mol. The van der Waals surface area contributed by atoms with E-state index >= 15 is 0 Å². The third kappa shape index (κ3) is 0.963. The van der Waals surface area contributed by atoms with Gasteiger partial charge < -0.3 is 0 Å². The van der Waals surface area contributed by atoms with Crippen molar-refractivity contribution in [2.75, 3.05) is 0 Å². The van der Waals surface area contributed by atoms with E-state index in [4.69, 9.17) is 0 Å². The van der Waals surface area contributed by atoms with Crippen LogP contribution >= 0.6 is 0 Å². The summed E-state index contributed by atoms with van der Waals surface area (Å²) in [7, 11) is 0. The Hall–Kier alpha value is -1.44. The molecule has 1 aromatic rings. The monoisotopic (exact) mass is 145 g/mol. The van der Waals surface area contributed by atoms with Crippen LogP contribution in [-0.4, -0.2) is 5.91 Å². The smallest absolute Gasteiger partial charge is 0.267 e. The lowest BCUT2D eigenvalue weighted by Gasteiger charge is -1.86. The Balaban J connectivity index is 2.89. The van der Waals surface area contributed by atoms with Crippen LogP contribution in [0.5, 0.6) is 0 Å². The van der Waals surface area contributed by atoms with Crippen molar-refractivity contribution in [3.05, 3.63) is 34.3 Å². The summed E-state index contributed by atoms with van der Waals surface area (Å²) in [5, 5.41) is 1.73. The lowest BCUT2D eigenvalue weighted by atomic mass is 10.2. The molecule has 0 saturated carbocycles. The molecule has 11 heavy (non-hydrogen) atoms. The van der Waals surface area contributed by atoms with Gasteiger partial charge in [-0.05, 0) is 19.1 Å². The largest absolute Gasteiger partial charge is 0.270 e. The first kappa shape index (κ1) is 6.28. The summed E-state index contributed by atoms with van der Waals surface area (Å²) in [5.41, 5.74) is 1.16. The normalized spacial score (nSPS) is 13.7. The molecule has 1 aliphatic heterocycles. The molecule has 2 heteroatoms. The van der Waals surface area contributed by atoms with E-state index in [-0.39, 0.29) is 5.91 Å². The minimum Gasteiger partial charge on any atom is -0.267 e. The molecule has 1 aliphatic rings. The summed E-state index contributed by atoms with van der Waals surface area (Å²) in [6.45, 7) is 2.00. The van der Waals surface area contributed by atoms with Gasteiger partial charge in [0.15, 0.2) is 0 Å². The molecular formula is C9H7NO. The molecule has 1 heterocycles. The summed E-state index contributed by atoms with van der Waals surface area (Å²) in [4.78, 5) is 14.6. The van der Waals surface area contributed by atoms with Gasteiger partial charge >= 0.3 is 0 Å². The number of amides is 1. The molecule has 2 rings (SSSR count). The second-order valence-corrected chi connectivity index (χ2v) is 2.66. The molecule has 54 valence electrons. The number of benzene rings is 1. The second-order valence-electron chi connectivity index (χ2n) is 2.66. The number of hydrogen-bond donors (Lipinski definition) is 0. The highest BCUT2D eigenvalue weighted by atomic mass is 16.1. The molecule has 0 aliphatic carbocycles. The van der Waals surface area contributed by atoms with Gasteiger partial charge in [0, 0.05) is 11.3 Å². The van der Waals surface area contributed by atoms with Gasteiger partial charge in [-0.1, -0.05) is 11.6 Å². The maximum absolute atomic E-state index is 10.8. The van der Waals surface area contributed by atoms with Gasteiger partial charge in [0.2, 0.25) is 0 Å². The van der Waals surface area contributed by atoms with E-state index in [1.54, 1.807) is 6.08 Å². The predicted octanol–water partition coefficient (Wildman–Crippen LogP) is -0.0647. The van der Waals surface area contributed by atoms with Gasteiger partial charge in [-0.15, -0.1) is 0 Å². The molecule has 0 atom stereocenters. The zero-order valence-electron chi connectivity index (χ0n) is 6.16. The summed E-state index contributed by atoms with van der Waals surface area (Å²) >= 11 is 0. The Kier molecular flexibility index (Phi) is 1.15. The van der Waals surface area contributed by atoms with Crippen molar-refractivity contribution in [2.45, 2.75) is 6.92 Å². The molecule has 0 aromatic heterocycles. The molecule has 0 unspecified atom stereocenters. The third-order valence-electron chi connectivity index (χ3n) is 1.69. The van der Waals surface area contributed by atoms with E-state index in [1.165, 1.54) is 0 Å². The van der Waals surface area contributed by atoms with Crippen LogP contribution < -0.4 is 10.6 Å². The highest BCUT2D eigenvalue weighted by Gasteiger charge is 2.01. The Morgan fingerprint density at radius 3 is 3.00 bits per heavy atom. The van der Waals surface area contributed by atoms with Gasteiger partial charge in [0.25, 0.3) is 5.91 Å². The van der Waals surface area contributed by atoms with Crippen LogP contribution in [0.25, 0.3) is 6.08 Å². The van der Waals surface area contributed by atoms with E-state index in [0.29, 0.717) is 0 Å². The number of rotatable bonds is 0. The Labute approximate surface area is 63.9 Å². The maximum atomic E-state index is 10.8. The lowest BCUT2D eigenvalue weighted by Crippen LogP contribution is -2.20. The van der Waals surface area contributed by atoms with E-state index in [1.807, 2.05) is 25.1 Å². The van der Waals surface area contributed by atoms with Crippen molar-refractivity contribution in [2.24, 2.45) is 4.99 Å². The Morgan fingerprint density at radius 1 is 1.36 bits per heavy atom. The van der Waals surface area contributed by atoms with Crippen molar-refractivity contribution in [1.29, 1.82) is 0 Å². The first-order valence-electron chi connectivity index (χ1n) is 3.47. The highest BCUT2D eigenvalue weighted by molar-refractivity contribution is 6.06. The zero-order chi connectivity index (χ0) is 7.84. The molecule has 0 spiro atoms. The molecule has 0 bridgehead atoms. The van der Waals surface area contributed by atoms with Crippen LogP contribution in [0.2, 0.25) is 0 Å². The van der Waals surface area contributed by atoms with Crippen LogP contribution in [-0.2, 0) is 4.79 Å². The fourth-order valence-electron chi connectivity index (χ4n) is 1.18. The highest BCUT2D eigenvalue weighted by Crippen LogP contribution is 1.89. The molecule has 1 aromatic carbocycles. The van der Waals surface area contributed by atoms with E-state index in [2.05, 4.69) is 4.99 Å². The van der Waals surface area contributed by atoms with E-state index in [9.17, 15) is 4.79 Å². The Bertz CT molecular complexity index is 431. The lowest BCUT2D eigenvalue weighted by molar-refractivity contribution is -0.112. The van der Waals surface area contributed by atoms with E-state index in [0.717, 1.165) is 16.1 Å². The number of carbonyl (C=O) groups excluding carboxylic acids is 1. The number of nitrogens with zero attached hydrogens (tertiary/aromatic N) is 1. The van der Waals surface area contributed by atoms with Gasteiger partial charge in [-0.2, -0.15) is 0 Å². The maximum Gasteiger partial charge on any atom is 0.270 e. The van der Waals surface area contributed by atoms with Crippen LogP contribution in [0.1, 0.15) is 5.56 Å². The fourth-order valence-corrected chi connectivity index (χ4v) is 1.18. The van der Waals surface area contributed by atoms with Crippen LogP contribution in [0.15, 0.2) is 23.2 Å². The molecule has 0 N–H and O–H groups in total. The topological polar surface area (TPSA) is 29.4 Å². The van der Waals surface area contributed by atoms with Gasteiger partial charge in [-0.25, -0.2) is 4.99 Å². The number of hydrogen-bond acceptors (Lipinski definition) is 1. The summed E-state index contributed by atoms with van der Waals surface area (Å²) in [6.07, 6.45) is 1.56. The number of carbonyl (C=O) groups is 1. The van der Waals surface area contributed by atoms with Gasteiger partial charge in [-0.3, -0.25) is 4.79 Å².